The summed E-state index contributed by atoms with van der Waals surface area (Å²) in [7, 11) is 1.79. The van der Waals surface area contributed by atoms with Crippen molar-refractivity contribution in [3.63, 3.8) is 0 Å². The Bertz CT molecular complexity index is 981. The van der Waals surface area contributed by atoms with Crippen LogP contribution in [0.5, 0.6) is 0 Å². The average molecular weight is 408 g/mol. The number of benzene rings is 1. The van der Waals surface area contributed by atoms with Crippen molar-refractivity contribution < 1.29 is 4.79 Å². The Labute approximate surface area is 175 Å². The van der Waals surface area contributed by atoms with Gasteiger partial charge in [0.15, 0.2) is 0 Å². The number of nitrogens with zero attached hydrogens (tertiary/aromatic N) is 3. The van der Waals surface area contributed by atoms with Crippen LogP contribution in [0.4, 0.5) is 11.6 Å². The average Bonchev–Trinajstić information content (AvgIpc) is 3.29. The van der Waals surface area contributed by atoms with E-state index in [-0.39, 0.29) is 5.91 Å². The number of hydrogen-bond donors (Lipinski definition) is 2. The van der Waals surface area contributed by atoms with Gasteiger partial charge in [-0.3, -0.25) is 4.79 Å². The van der Waals surface area contributed by atoms with Crippen LogP contribution in [0.25, 0.3) is 10.6 Å². The molecule has 29 heavy (non-hydrogen) atoms. The number of nitrogens with one attached hydrogen (secondary N) is 2. The minimum absolute atomic E-state index is 0.0578. The summed E-state index contributed by atoms with van der Waals surface area (Å²) in [6, 6.07) is 14.0. The summed E-state index contributed by atoms with van der Waals surface area (Å²) in [5, 5.41) is 6.02. The van der Waals surface area contributed by atoms with E-state index in [0.29, 0.717) is 17.4 Å². The molecule has 4 rings (SSSR count). The van der Waals surface area contributed by atoms with Gasteiger partial charge in [0.2, 0.25) is 5.95 Å². The smallest absolute Gasteiger partial charge is 0.261 e. The second-order valence-electron chi connectivity index (χ2n) is 7.04. The number of carbonyl (C=O) groups is 1. The SMILES string of the molecule is CNc1nccc(-c2ccc(C(=O)NCc3ccccc3N3CCCCC3)s2)n1. The second-order valence-corrected chi connectivity index (χ2v) is 8.12. The van der Waals surface area contributed by atoms with Gasteiger partial charge in [-0.05, 0) is 49.1 Å². The molecule has 0 unspecified atom stereocenters. The molecule has 2 N–H and O–H groups in total. The molecule has 1 saturated heterocycles. The number of thiophene rings is 1. The maximum absolute atomic E-state index is 12.7. The minimum Gasteiger partial charge on any atom is -0.371 e. The number of piperidine rings is 1. The van der Waals surface area contributed by atoms with Crippen molar-refractivity contribution >= 4 is 28.9 Å². The fourth-order valence-corrected chi connectivity index (χ4v) is 4.47. The molecule has 0 radical (unpaired) electrons. The van der Waals surface area contributed by atoms with E-state index in [2.05, 4.69) is 43.7 Å². The van der Waals surface area contributed by atoms with Crippen LogP contribution < -0.4 is 15.5 Å². The van der Waals surface area contributed by atoms with Gasteiger partial charge in [0.25, 0.3) is 5.91 Å². The zero-order valence-corrected chi connectivity index (χ0v) is 17.3. The Hall–Kier alpha value is -2.93. The van der Waals surface area contributed by atoms with E-state index in [9.17, 15) is 4.79 Å². The van der Waals surface area contributed by atoms with Gasteiger partial charge in [0.05, 0.1) is 15.4 Å². The summed E-state index contributed by atoms with van der Waals surface area (Å²) >= 11 is 1.44. The molecule has 1 aromatic carbocycles. The van der Waals surface area contributed by atoms with Crippen LogP contribution >= 0.6 is 11.3 Å². The summed E-state index contributed by atoms with van der Waals surface area (Å²) in [4.78, 5) is 25.4. The number of amides is 1. The maximum Gasteiger partial charge on any atom is 0.261 e. The molecule has 6 nitrogen and oxygen atoms in total. The molecule has 1 amide bonds. The number of para-hydroxylation sites is 1. The third kappa shape index (κ3) is 4.56. The number of rotatable bonds is 6. The molecule has 1 aliphatic heterocycles. The third-order valence-corrected chi connectivity index (χ3v) is 6.20. The van der Waals surface area contributed by atoms with Crippen LogP contribution in [0, 0.1) is 0 Å². The van der Waals surface area contributed by atoms with E-state index in [1.54, 1.807) is 13.2 Å². The summed E-state index contributed by atoms with van der Waals surface area (Å²) < 4.78 is 0. The lowest BCUT2D eigenvalue weighted by Crippen LogP contribution is -2.31. The van der Waals surface area contributed by atoms with Crippen LogP contribution in [0.15, 0.2) is 48.7 Å². The van der Waals surface area contributed by atoms with E-state index < -0.39 is 0 Å². The normalized spacial score (nSPS) is 13.9. The molecule has 2 aromatic heterocycles. The Morgan fingerprint density at radius 2 is 1.93 bits per heavy atom. The fraction of sp³-hybridized carbons (Fsp3) is 0.318. The highest BCUT2D eigenvalue weighted by Gasteiger charge is 2.16. The molecule has 3 heterocycles. The second kappa shape index (κ2) is 9.05. The molecular formula is C22H25N5OS. The predicted octanol–water partition coefficient (Wildman–Crippen LogP) is 4.17. The fourth-order valence-electron chi connectivity index (χ4n) is 3.58. The Kier molecular flexibility index (Phi) is 6.05. The highest BCUT2D eigenvalue weighted by molar-refractivity contribution is 7.17. The number of hydrogen-bond acceptors (Lipinski definition) is 6. The van der Waals surface area contributed by atoms with Crippen molar-refractivity contribution in [1.29, 1.82) is 0 Å². The first-order valence-corrected chi connectivity index (χ1v) is 10.8. The van der Waals surface area contributed by atoms with Crippen LogP contribution in [0.2, 0.25) is 0 Å². The molecule has 7 heteroatoms. The lowest BCUT2D eigenvalue weighted by Gasteiger charge is -2.30. The van der Waals surface area contributed by atoms with Gasteiger partial charge in [0.1, 0.15) is 0 Å². The first kappa shape index (κ1) is 19.4. The van der Waals surface area contributed by atoms with Crippen LogP contribution in [0.1, 0.15) is 34.5 Å². The third-order valence-electron chi connectivity index (χ3n) is 5.09. The largest absolute Gasteiger partial charge is 0.371 e. The summed E-state index contributed by atoms with van der Waals surface area (Å²) in [5.74, 6) is 0.508. The molecule has 1 fully saturated rings. The molecule has 0 aliphatic carbocycles. The van der Waals surface area contributed by atoms with Gasteiger partial charge in [-0.1, -0.05) is 18.2 Å². The maximum atomic E-state index is 12.7. The minimum atomic E-state index is -0.0578. The summed E-state index contributed by atoms with van der Waals surface area (Å²) in [6.45, 7) is 2.70. The highest BCUT2D eigenvalue weighted by atomic mass is 32.1. The molecule has 0 spiro atoms. The van der Waals surface area contributed by atoms with Gasteiger partial charge in [-0.25, -0.2) is 9.97 Å². The van der Waals surface area contributed by atoms with Crippen molar-refractivity contribution in [3.05, 3.63) is 59.1 Å². The van der Waals surface area contributed by atoms with Gasteiger partial charge < -0.3 is 15.5 Å². The standard InChI is InChI=1S/C22H25N5OS/c1-23-22-24-12-11-17(26-22)19-9-10-20(29-19)21(28)25-15-16-7-3-4-8-18(16)27-13-5-2-6-14-27/h3-4,7-12H,2,5-6,13-15H2,1H3,(H,25,28)(H,23,24,26). The van der Waals surface area contributed by atoms with Gasteiger partial charge in [-0.2, -0.15) is 0 Å². The van der Waals surface area contributed by atoms with Crippen LogP contribution in [-0.4, -0.2) is 36.0 Å². The molecule has 0 saturated carbocycles. The topological polar surface area (TPSA) is 70.2 Å². The van der Waals surface area contributed by atoms with E-state index >= 15 is 0 Å². The van der Waals surface area contributed by atoms with Gasteiger partial charge in [0, 0.05) is 38.6 Å². The van der Waals surface area contributed by atoms with E-state index in [4.69, 9.17) is 0 Å². The molecule has 150 valence electrons. The Morgan fingerprint density at radius 1 is 1.10 bits per heavy atom. The molecular weight excluding hydrogens is 382 g/mol. The van der Waals surface area contributed by atoms with Crippen LogP contribution in [0.3, 0.4) is 0 Å². The first-order chi connectivity index (χ1) is 14.2. The van der Waals surface area contributed by atoms with Crippen molar-refractivity contribution in [2.24, 2.45) is 0 Å². The zero-order valence-electron chi connectivity index (χ0n) is 16.5. The van der Waals surface area contributed by atoms with Gasteiger partial charge in [-0.15, -0.1) is 11.3 Å². The molecule has 1 aliphatic rings. The van der Waals surface area contributed by atoms with Crippen LogP contribution in [-0.2, 0) is 6.54 Å². The number of aromatic nitrogens is 2. The quantitative estimate of drug-likeness (QED) is 0.642. The monoisotopic (exact) mass is 407 g/mol. The Balaban J connectivity index is 1.44. The lowest BCUT2D eigenvalue weighted by molar-refractivity contribution is 0.0955. The van der Waals surface area contributed by atoms with Crippen molar-refractivity contribution in [3.8, 4) is 10.6 Å². The zero-order chi connectivity index (χ0) is 20.1. The summed E-state index contributed by atoms with van der Waals surface area (Å²) in [5.41, 5.74) is 3.21. The molecule has 3 aromatic rings. The van der Waals surface area contributed by atoms with E-state index in [0.717, 1.165) is 29.2 Å². The van der Waals surface area contributed by atoms with Crippen molar-refractivity contribution in [2.75, 3.05) is 30.4 Å². The van der Waals surface area contributed by atoms with Crippen molar-refractivity contribution in [1.82, 2.24) is 15.3 Å². The van der Waals surface area contributed by atoms with Gasteiger partial charge >= 0.3 is 0 Å². The predicted molar refractivity (Wildman–Crippen MR) is 119 cm³/mol. The van der Waals surface area contributed by atoms with Crippen molar-refractivity contribution in [2.45, 2.75) is 25.8 Å². The molecule has 0 bridgehead atoms. The van der Waals surface area contributed by atoms with E-state index in [1.165, 1.54) is 36.3 Å². The highest BCUT2D eigenvalue weighted by Crippen LogP contribution is 2.28. The lowest BCUT2D eigenvalue weighted by atomic mass is 10.1. The number of carbonyl (C=O) groups excluding carboxylic acids is 1. The van der Waals surface area contributed by atoms with E-state index in [1.807, 2.05) is 24.3 Å². The first-order valence-electron chi connectivity index (χ1n) is 9.96. The molecule has 0 atom stereocenters. The Morgan fingerprint density at radius 3 is 2.76 bits per heavy atom. The number of anilines is 2. The summed E-state index contributed by atoms with van der Waals surface area (Å²) in [6.07, 6.45) is 5.48.